The number of benzene rings is 2. The third-order valence-electron chi connectivity index (χ3n) is 3.74. The molecule has 0 aliphatic heterocycles. The van der Waals surface area contributed by atoms with Crippen LogP contribution in [0.1, 0.15) is 5.56 Å². The first-order valence-corrected chi connectivity index (χ1v) is 10.1. The molecule has 1 heterocycles. The largest absolute Gasteiger partial charge is 0.497 e. The minimum atomic E-state index is -3.69. The summed E-state index contributed by atoms with van der Waals surface area (Å²) in [6.45, 7) is 1.90. The first-order chi connectivity index (χ1) is 12.4. The average Bonchev–Trinajstić information content (AvgIpc) is 3.09. The number of nitrogens with zero attached hydrogens (tertiary/aromatic N) is 1. The molecule has 2 aromatic carbocycles. The fourth-order valence-electron chi connectivity index (χ4n) is 2.35. The maximum Gasteiger partial charge on any atom is 0.263 e. The van der Waals surface area contributed by atoms with E-state index in [-0.39, 0.29) is 10.0 Å². The Kier molecular flexibility index (Phi) is 5.15. The third-order valence-corrected chi connectivity index (χ3v) is 5.98. The highest BCUT2D eigenvalue weighted by Gasteiger charge is 2.17. The molecule has 1 aromatic heterocycles. The van der Waals surface area contributed by atoms with Crippen molar-refractivity contribution in [3.63, 3.8) is 0 Å². The zero-order valence-electron chi connectivity index (χ0n) is 14.5. The molecular weight excluding hydrogens is 372 g/mol. The van der Waals surface area contributed by atoms with Crippen LogP contribution in [0.5, 0.6) is 11.5 Å². The van der Waals surface area contributed by atoms with E-state index in [0.29, 0.717) is 17.2 Å². The van der Waals surface area contributed by atoms with Gasteiger partial charge in [0, 0.05) is 10.9 Å². The van der Waals surface area contributed by atoms with Crippen LogP contribution in [-0.4, -0.2) is 27.6 Å². The number of sulfonamides is 1. The number of ether oxygens (including phenoxy) is 2. The van der Waals surface area contributed by atoms with Crippen LogP contribution < -0.4 is 14.2 Å². The quantitative estimate of drug-likeness (QED) is 0.690. The van der Waals surface area contributed by atoms with E-state index >= 15 is 0 Å². The molecule has 0 radical (unpaired) electrons. The van der Waals surface area contributed by atoms with Crippen LogP contribution in [-0.2, 0) is 10.0 Å². The second-order valence-electron chi connectivity index (χ2n) is 5.52. The molecule has 8 heteroatoms. The second-order valence-corrected chi connectivity index (χ2v) is 8.06. The Morgan fingerprint density at radius 2 is 1.77 bits per heavy atom. The summed E-state index contributed by atoms with van der Waals surface area (Å²) in [5.74, 6) is 1.29. The Morgan fingerprint density at radius 3 is 2.42 bits per heavy atom. The highest BCUT2D eigenvalue weighted by Crippen LogP contribution is 2.35. The first kappa shape index (κ1) is 18.2. The number of hydrogen-bond donors (Lipinski definition) is 1. The van der Waals surface area contributed by atoms with Crippen LogP contribution in [0, 0.1) is 6.92 Å². The van der Waals surface area contributed by atoms with E-state index in [1.54, 1.807) is 62.1 Å². The Labute approximate surface area is 156 Å². The van der Waals surface area contributed by atoms with Crippen LogP contribution in [0.3, 0.4) is 0 Å². The third kappa shape index (κ3) is 3.81. The predicted molar refractivity (Wildman–Crippen MR) is 103 cm³/mol. The minimum absolute atomic E-state index is 0.193. The van der Waals surface area contributed by atoms with E-state index in [4.69, 9.17) is 9.47 Å². The van der Waals surface area contributed by atoms with Gasteiger partial charge in [-0.15, -0.1) is 11.3 Å². The zero-order valence-corrected chi connectivity index (χ0v) is 16.1. The monoisotopic (exact) mass is 390 g/mol. The Balaban J connectivity index is 1.90. The van der Waals surface area contributed by atoms with Crippen molar-refractivity contribution in [1.29, 1.82) is 0 Å². The van der Waals surface area contributed by atoms with Crippen molar-refractivity contribution in [2.45, 2.75) is 11.8 Å². The van der Waals surface area contributed by atoms with Crippen LogP contribution >= 0.6 is 11.3 Å². The first-order valence-electron chi connectivity index (χ1n) is 7.70. The van der Waals surface area contributed by atoms with E-state index in [1.165, 1.54) is 11.3 Å². The summed E-state index contributed by atoms with van der Waals surface area (Å²) >= 11 is 1.20. The molecule has 0 fully saturated rings. The lowest BCUT2D eigenvalue weighted by Crippen LogP contribution is -2.12. The Morgan fingerprint density at radius 1 is 1.04 bits per heavy atom. The van der Waals surface area contributed by atoms with Gasteiger partial charge in [-0.25, -0.2) is 13.4 Å². The van der Waals surface area contributed by atoms with Gasteiger partial charge in [0.15, 0.2) is 5.13 Å². The fourth-order valence-corrected chi connectivity index (χ4v) is 4.31. The molecule has 0 saturated carbocycles. The predicted octanol–water partition coefficient (Wildman–Crippen LogP) is 3.94. The number of hydrogen-bond acceptors (Lipinski definition) is 6. The van der Waals surface area contributed by atoms with Crippen molar-refractivity contribution < 1.29 is 17.9 Å². The molecule has 136 valence electrons. The normalized spacial score (nSPS) is 11.2. The number of aromatic nitrogens is 1. The number of nitrogens with one attached hydrogen (secondary N) is 1. The van der Waals surface area contributed by atoms with Crippen molar-refractivity contribution in [2.75, 3.05) is 18.9 Å². The highest BCUT2D eigenvalue weighted by atomic mass is 32.2. The molecule has 0 bridgehead atoms. The summed E-state index contributed by atoms with van der Waals surface area (Å²) in [4.78, 5) is 4.58. The van der Waals surface area contributed by atoms with E-state index in [1.807, 2.05) is 6.92 Å². The molecule has 0 spiro atoms. The van der Waals surface area contributed by atoms with Gasteiger partial charge in [0.05, 0.1) is 24.8 Å². The molecular formula is C18H18N2O4S2. The maximum absolute atomic E-state index is 12.5. The van der Waals surface area contributed by atoms with E-state index in [2.05, 4.69) is 9.71 Å². The molecule has 0 unspecified atom stereocenters. The molecule has 26 heavy (non-hydrogen) atoms. The molecule has 0 saturated heterocycles. The van der Waals surface area contributed by atoms with Crippen molar-refractivity contribution in [3.8, 4) is 22.8 Å². The Bertz CT molecular complexity index is 1010. The van der Waals surface area contributed by atoms with E-state index < -0.39 is 10.0 Å². The van der Waals surface area contributed by atoms with E-state index in [0.717, 1.165) is 11.1 Å². The number of methoxy groups -OCH3 is 2. The summed E-state index contributed by atoms with van der Waals surface area (Å²) in [5.41, 5.74) is 2.32. The van der Waals surface area contributed by atoms with Gasteiger partial charge < -0.3 is 9.47 Å². The van der Waals surface area contributed by atoms with Crippen molar-refractivity contribution in [3.05, 3.63) is 53.4 Å². The summed E-state index contributed by atoms with van der Waals surface area (Å²) in [6, 6.07) is 12.0. The standard InChI is InChI=1S/C18H18N2O4S2/c1-12-4-7-14(8-5-12)26(21,22)20-18-19-16(11-25-18)15-10-13(23-2)6-9-17(15)24-3/h4-11H,1-3H3,(H,19,20). The zero-order chi connectivity index (χ0) is 18.7. The smallest absolute Gasteiger partial charge is 0.263 e. The van der Waals surface area contributed by atoms with Crippen LogP contribution in [0.25, 0.3) is 11.3 Å². The van der Waals surface area contributed by atoms with Crippen molar-refractivity contribution in [1.82, 2.24) is 4.98 Å². The lowest BCUT2D eigenvalue weighted by molar-refractivity contribution is 0.404. The SMILES string of the molecule is COc1ccc(OC)c(-c2csc(NS(=O)(=O)c3ccc(C)cc3)n2)c1. The van der Waals surface area contributed by atoms with Gasteiger partial charge in [-0.3, -0.25) is 4.72 Å². The molecule has 1 N–H and O–H groups in total. The van der Waals surface area contributed by atoms with Gasteiger partial charge in [-0.2, -0.15) is 0 Å². The maximum atomic E-state index is 12.5. The van der Waals surface area contributed by atoms with Crippen LogP contribution in [0.15, 0.2) is 52.7 Å². The summed E-state index contributed by atoms with van der Waals surface area (Å²) in [6.07, 6.45) is 0. The van der Waals surface area contributed by atoms with Gasteiger partial charge >= 0.3 is 0 Å². The molecule has 6 nitrogen and oxygen atoms in total. The summed E-state index contributed by atoms with van der Waals surface area (Å²) in [7, 11) is -0.540. The Hall–Kier alpha value is -2.58. The lowest BCUT2D eigenvalue weighted by atomic mass is 10.1. The molecule has 0 amide bonds. The molecule has 3 rings (SSSR count). The molecule has 3 aromatic rings. The van der Waals surface area contributed by atoms with Crippen LogP contribution in [0.2, 0.25) is 0 Å². The summed E-state index contributed by atoms with van der Waals surface area (Å²) in [5, 5.41) is 2.05. The van der Waals surface area contributed by atoms with E-state index in [9.17, 15) is 8.42 Å². The topological polar surface area (TPSA) is 77.5 Å². The number of thiazole rings is 1. The van der Waals surface area contributed by atoms with Gasteiger partial charge in [-0.1, -0.05) is 17.7 Å². The molecule has 0 aliphatic rings. The molecule has 0 aliphatic carbocycles. The van der Waals surface area contributed by atoms with Gasteiger partial charge in [0.25, 0.3) is 10.0 Å². The molecule has 0 atom stereocenters. The van der Waals surface area contributed by atoms with Gasteiger partial charge in [0.1, 0.15) is 11.5 Å². The van der Waals surface area contributed by atoms with Crippen molar-refractivity contribution >= 4 is 26.5 Å². The van der Waals surface area contributed by atoms with Gasteiger partial charge in [0.2, 0.25) is 0 Å². The number of anilines is 1. The second kappa shape index (κ2) is 7.35. The lowest BCUT2D eigenvalue weighted by Gasteiger charge is -2.08. The number of rotatable bonds is 6. The highest BCUT2D eigenvalue weighted by molar-refractivity contribution is 7.93. The van der Waals surface area contributed by atoms with Crippen molar-refractivity contribution in [2.24, 2.45) is 0 Å². The van der Waals surface area contributed by atoms with Crippen LogP contribution in [0.4, 0.5) is 5.13 Å². The fraction of sp³-hybridized carbons (Fsp3) is 0.167. The van der Waals surface area contributed by atoms with Gasteiger partial charge in [-0.05, 0) is 37.3 Å². The average molecular weight is 390 g/mol. The number of aryl methyl sites for hydroxylation is 1. The minimum Gasteiger partial charge on any atom is -0.497 e. The summed E-state index contributed by atoms with van der Waals surface area (Å²) < 4.78 is 38.1.